The molecule has 0 unspecified atom stereocenters. The third kappa shape index (κ3) is 4.66. The molecule has 1 aromatic carbocycles. The fourth-order valence-corrected chi connectivity index (χ4v) is 5.05. The smallest absolute Gasteiger partial charge is 0.338 e. The molecule has 164 valence electrons. The molecule has 1 aromatic rings. The van der Waals surface area contributed by atoms with Crippen molar-refractivity contribution < 1.29 is 19.1 Å². The SMILES string of the molecule is COC(=O)C1=C(C)N=C2SC=C(CC(=O)NC[C@H]3CCCO3)N2[C@H]1c1ccc(Cl)cc1. The number of ether oxygens (including phenoxy) is 2. The monoisotopic (exact) mass is 461 g/mol. The predicted molar refractivity (Wildman–Crippen MR) is 120 cm³/mol. The number of benzene rings is 1. The topological polar surface area (TPSA) is 80.2 Å². The lowest BCUT2D eigenvalue weighted by molar-refractivity contribution is -0.136. The van der Waals surface area contributed by atoms with Gasteiger partial charge in [-0.1, -0.05) is 35.5 Å². The second-order valence-electron chi connectivity index (χ2n) is 7.55. The third-order valence-corrected chi connectivity index (χ3v) is 6.62. The first kappa shape index (κ1) is 21.9. The van der Waals surface area contributed by atoms with E-state index in [1.165, 1.54) is 18.9 Å². The highest BCUT2D eigenvalue weighted by Crippen LogP contribution is 2.44. The van der Waals surface area contributed by atoms with Crippen LogP contribution in [-0.2, 0) is 19.1 Å². The molecule has 3 heterocycles. The van der Waals surface area contributed by atoms with Crippen molar-refractivity contribution in [1.29, 1.82) is 0 Å². The third-order valence-electron chi connectivity index (χ3n) is 5.48. The first-order valence-electron chi connectivity index (χ1n) is 10.1. The van der Waals surface area contributed by atoms with Crippen molar-refractivity contribution >= 4 is 40.4 Å². The van der Waals surface area contributed by atoms with Crippen molar-refractivity contribution in [2.75, 3.05) is 20.3 Å². The van der Waals surface area contributed by atoms with Gasteiger partial charge < -0.3 is 19.7 Å². The van der Waals surface area contributed by atoms with Crippen LogP contribution in [0.3, 0.4) is 0 Å². The Balaban J connectivity index is 1.59. The molecule has 0 spiro atoms. The minimum atomic E-state index is -0.454. The number of fused-ring (bicyclic) bond motifs is 1. The van der Waals surface area contributed by atoms with Gasteiger partial charge in [0.25, 0.3) is 0 Å². The van der Waals surface area contributed by atoms with E-state index in [4.69, 9.17) is 21.1 Å². The summed E-state index contributed by atoms with van der Waals surface area (Å²) in [5.41, 5.74) is 2.69. The van der Waals surface area contributed by atoms with Crippen molar-refractivity contribution in [2.45, 2.75) is 38.3 Å². The summed E-state index contributed by atoms with van der Waals surface area (Å²) in [7, 11) is 1.36. The van der Waals surface area contributed by atoms with E-state index in [-0.39, 0.29) is 18.4 Å². The molecule has 1 amide bonds. The lowest BCUT2D eigenvalue weighted by Crippen LogP contribution is -2.38. The summed E-state index contributed by atoms with van der Waals surface area (Å²) in [6, 6.07) is 6.87. The van der Waals surface area contributed by atoms with E-state index in [2.05, 4.69) is 10.3 Å². The van der Waals surface area contributed by atoms with Crippen LogP contribution in [0.2, 0.25) is 5.02 Å². The Morgan fingerprint density at radius 1 is 1.35 bits per heavy atom. The van der Waals surface area contributed by atoms with E-state index >= 15 is 0 Å². The Labute approximate surface area is 190 Å². The molecule has 7 nitrogen and oxygen atoms in total. The Hall–Kier alpha value is -2.29. The van der Waals surface area contributed by atoms with Crippen molar-refractivity contribution in [3.05, 3.63) is 57.2 Å². The highest BCUT2D eigenvalue weighted by Gasteiger charge is 2.41. The number of thioether (sulfide) groups is 1. The number of rotatable bonds is 6. The van der Waals surface area contributed by atoms with Crippen molar-refractivity contribution in [3.8, 4) is 0 Å². The zero-order chi connectivity index (χ0) is 22.0. The summed E-state index contributed by atoms with van der Waals surface area (Å²) in [4.78, 5) is 31.9. The number of amidine groups is 1. The van der Waals surface area contributed by atoms with Gasteiger partial charge in [-0.15, -0.1) is 0 Å². The first-order chi connectivity index (χ1) is 15.0. The molecule has 0 saturated carbocycles. The number of allylic oxidation sites excluding steroid dienone is 1. The number of hydrogen-bond donors (Lipinski definition) is 1. The minimum absolute atomic E-state index is 0.0846. The van der Waals surface area contributed by atoms with Gasteiger partial charge in [0, 0.05) is 23.9 Å². The van der Waals surface area contributed by atoms with Crippen LogP contribution in [0.5, 0.6) is 0 Å². The Morgan fingerprint density at radius 3 is 2.81 bits per heavy atom. The molecule has 4 rings (SSSR count). The molecule has 0 aromatic heterocycles. The standard InChI is InChI=1S/C22H24ClN3O4S/c1-13-19(21(28)29-2)20(14-5-7-15(23)8-6-14)26-16(12-31-22(26)25-13)10-18(27)24-11-17-4-3-9-30-17/h5-8,12,17,20H,3-4,9-11H2,1-2H3,(H,24,27)/t17-,20+/m1/s1. The summed E-state index contributed by atoms with van der Waals surface area (Å²) in [6.45, 7) is 3.06. The number of halogens is 1. The zero-order valence-corrected chi connectivity index (χ0v) is 19.0. The van der Waals surface area contributed by atoms with Gasteiger partial charge in [-0.2, -0.15) is 0 Å². The van der Waals surface area contributed by atoms with Crippen LogP contribution in [-0.4, -0.2) is 48.3 Å². The van der Waals surface area contributed by atoms with Gasteiger partial charge in [-0.3, -0.25) is 4.79 Å². The molecular weight excluding hydrogens is 438 g/mol. The van der Waals surface area contributed by atoms with E-state index in [0.29, 0.717) is 22.8 Å². The van der Waals surface area contributed by atoms with Crippen LogP contribution in [0.25, 0.3) is 0 Å². The van der Waals surface area contributed by atoms with Crippen molar-refractivity contribution in [3.63, 3.8) is 0 Å². The molecular formula is C22H24ClN3O4S. The minimum Gasteiger partial charge on any atom is -0.466 e. The number of carbonyl (C=O) groups is 2. The lowest BCUT2D eigenvalue weighted by Gasteiger charge is -2.36. The van der Waals surface area contributed by atoms with Gasteiger partial charge in [0.05, 0.1) is 36.9 Å². The normalized spacial score (nSPS) is 22.7. The number of nitrogens with one attached hydrogen (secondary N) is 1. The van der Waals surface area contributed by atoms with Gasteiger partial charge in [-0.25, -0.2) is 9.79 Å². The molecule has 31 heavy (non-hydrogen) atoms. The Morgan fingerprint density at radius 2 is 2.13 bits per heavy atom. The molecule has 3 aliphatic rings. The highest BCUT2D eigenvalue weighted by atomic mass is 35.5. The molecule has 9 heteroatoms. The number of carbonyl (C=O) groups excluding carboxylic acids is 2. The van der Waals surface area contributed by atoms with E-state index < -0.39 is 12.0 Å². The number of methoxy groups -OCH3 is 1. The molecule has 1 saturated heterocycles. The van der Waals surface area contributed by atoms with Gasteiger partial charge >= 0.3 is 5.97 Å². The summed E-state index contributed by atoms with van der Waals surface area (Å²) >= 11 is 7.53. The molecule has 0 radical (unpaired) electrons. The van der Waals surface area contributed by atoms with Gasteiger partial charge in [0.1, 0.15) is 0 Å². The second kappa shape index (κ2) is 9.46. The first-order valence-corrected chi connectivity index (χ1v) is 11.4. The van der Waals surface area contributed by atoms with Gasteiger partial charge in [-0.05, 0) is 42.9 Å². The largest absolute Gasteiger partial charge is 0.466 e. The van der Waals surface area contributed by atoms with Crippen LogP contribution in [0, 0.1) is 0 Å². The summed E-state index contributed by atoms with van der Waals surface area (Å²) in [5.74, 6) is -0.538. The van der Waals surface area contributed by atoms with E-state index in [1.807, 2.05) is 22.4 Å². The maximum atomic E-state index is 12.7. The van der Waals surface area contributed by atoms with Crippen LogP contribution < -0.4 is 5.32 Å². The Kier molecular flexibility index (Phi) is 6.69. The van der Waals surface area contributed by atoms with E-state index in [9.17, 15) is 9.59 Å². The van der Waals surface area contributed by atoms with Gasteiger partial charge in [0.15, 0.2) is 5.17 Å². The van der Waals surface area contributed by atoms with Crippen LogP contribution in [0.1, 0.15) is 37.8 Å². The highest BCUT2D eigenvalue weighted by molar-refractivity contribution is 8.16. The summed E-state index contributed by atoms with van der Waals surface area (Å²) < 4.78 is 10.6. The fourth-order valence-electron chi connectivity index (χ4n) is 3.96. The molecule has 3 aliphatic heterocycles. The van der Waals surface area contributed by atoms with E-state index in [1.54, 1.807) is 19.1 Å². The number of amides is 1. The van der Waals surface area contributed by atoms with Crippen LogP contribution in [0.15, 0.2) is 51.6 Å². The number of hydrogen-bond acceptors (Lipinski definition) is 7. The maximum absolute atomic E-state index is 12.7. The predicted octanol–water partition coefficient (Wildman–Crippen LogP) is 3.77. The molecule has 1 fully saturated rings. The quantitative estimate of drug-likeness (QED) is 0.649. The fraction of sp³-hybridized carbons (Fsp3) is 0.409. The van der Waals surface area contributed by atoms with Crippen molar-refractivity contribution in [1.82, 2.24) is 10.2 Å². The molecule has 0 bridgehead atoms. The lowest BCUT2D eigenvalue weighted by atomic mass is 9.94. The summed E-state index contributed by atoms with van der Waals surface area (Å²) in [6.07, 6.45) is 2.26. The molecule has 1 N–H and O–H groups in total. The van der Waals surface area contributed by atoms with Crippen LogP contribution >= 0.6 is 23.4 Å². The molecule has 0 aliphatic carbocycles. The molecule has 2 atom stereocenters. The van der Waals surface area contributed by atoms with Crippen LogP contribution in [0.4, 0.5) is 0 Å². The maximum Gasteiger partial charge on any atom is 0.338 e. The van der Waals surface area contributed by atoms with Crippen molar-refractivity contribution in [2.24, 2.45) is 4.99 Å². The average molecular weight is 462 g/mol. The second-order valence-corrected chi connectivity index (χ2v) is 8.83. The zero-order valence-electron chi connectivity index (χ0n) is 17.4. The number of esters is 1. The Bertz CT molecular complexity index is 967. The number of aliphatic imine (C=N–C) groups is 1. The summed E-state index contributed by atoms with van der Waals surface area (Å²) in [5, 5.41) is 6.21. The number of nitrogens with zero attached hydrogens (tertiary/aromatic N) is 2. The van der Waals surface area contributed by atoms with E-state index in [0.717, 1.165) is 35.9 Å². The van der Waals surface area contributed by atoms with Gasteiger partial charge in [0.2, 0.25) is 5.91 Å². The average Bonchev–Trinajstić information content (AvgIpc) is 3.42.